The Morgan fingerprint density at radius 2 is 1.81 bits per heavy atom. The van der Waals surface area contributed by atoms with Crippen LogP contribution in [-0.4, -0.2) is 50.8 Å². The van der Waals surface area contributed by atoms with Gasteiger partial charge in [-0.3, -0.25) is 0 Å². The van der Waals surface area contributed by atoms with Crippen molar-refractivity contribution in [1.29, 1.82) is 0 Å². The molecule has 3 N–H and O–H groups in total. The number of hydrogen-bond acceptors (Lipinski definition) is 4. The zero-order valence-electron chi connectivity index (χ0n) is 18.7. The molecule has 2 aromatic rings. The van der Waals surface area contributed by atoms with Gasteiger partial charge in [0.1, 0.15) is 0 Å². The van der Waals surface area contributed by atoms with Crippen molar-refractivity contribution in [1.82, 2.24) is 4.90 Å². The van der Waals surface area contributed by atoms with Crippen molar-refractivity contribution in [2.24, 2.45) is 10.7 Å². The lowest BCUT2D eigenvalue weighted by atomic mass is 9.65. The van der Waals surface area contributed by atoms with Crippen LogP contribution in [-0.2, 0) is 5.41 Å². The number of nitrogens with zero attached hydrogens (tertiary/aromatic N) is 2. The molecule has 4 rings (SSSR count). The smallest absolute Gasteiger partial charge is 0.193 e. The van der Waals surface area contributed by atoms with Gasteiger partial charge in [-0.2, -0.15) is 0 Å². The molecule has 1 saturated heterocycles. The molecular formula is C24H30Cl2N4O2. The molecule has 172 valence electrons. The van der Waals surface area contributed by atoms with Crippen molar-refractivity contribution in [3.8, 4) is 11.5 Å². The molecule has 0 bridgehead atoms. The average Bonchev–Trinajstić information content (AvgIpc) is 3.09. The summed E-state index contributed by atoms with van der Waals surface area (Å²) in [5.41, 5.74) is 8.36. The highest BCUT2D eigenvalue weighted by molar-refractivity contribution is 6.35. The first-order valence-corrected chi connectivity index (χ1v) is 11.6. The first kappa shape index (κ1) is 23.0. The average molecular weight is 477 g/mol. The highest BCUT2D eigenvalue weighted by atomic mass is 35.5. The normalized spacial score (nSPS) is 26.0. The van der Waals surface area contributed by atoms with Crippen LogP contribution < -0.4 is 20.5 Å². The Morgan fingerprint density at radius 1 is 1.09 bits per heavy atom. The fourth-order valence-corrected chi connectivity index (χ4v) is 5.89. The van der Waals surface area contributed by atoms with Crippen molar-refractivity contribution >= 4 is 34.8 Å². The van der Waals surface area contributed by atoms with Crippen molar-refractivity contribution in [3.63, 3.8) is 0 Å². The topological polar surface area (TPSA) is 72.1 Å². The van der Waals surface area contributed by atoms with Crippen LogP contribution in [0.5, 0.6) is 11.5 Å². The van der Waals surface area contributed by atoms with Crippen molar-refractivity contribution in [2.75, 3.05) is 33.1 Å². The van der Waals surface area contributed by atoms with Gasteiger partial charge in [0.2, 0.25) is 0 Å². The lowest BCUT2D eigenvalue weighted by molar-refractivity contribution is 0.168. The number of guanidine groups is 1. The van der Waals surface area contributed by atoms with Gasteiger partial charge >= 0.3 is 0 Å². The predicted octanol–water partition coefficient (Wildman–Crippen LogP) is 4.93. The first-order valence-electron chi connectivity index (χ1n) is 10.8. The van der Waals surface area contributed by atoms with Crippen molar-refractivity contribution in [2.45, 2.75) is 43.2 Å². The lowest BCUT2D eigenvalue weighted by Gasteiger charge is -2.44. The summed E-state index contributed by atoms with van der Waals surface area (Å²) >= 11 is 12.2. The van der Waals surface area contributed by atoms with Crippen LogP contribution >= 0.6 is 23.2 Å². The van der Waals surface area contributed by atoms with E-state index in [4.69, 9.17) is 43.4 Å². The van der Waals surface area contributed by atoms with E-state index in [2.05, 4.69) is 29.4 Å². The number of ether oxygens (including phenoxy) is 2. The molecule has 1 heterocycles. The SMILES string of the molecule is COc1ccc([C@@]23CC[C@H](N=C(N)Nc4cc(Cl)cc(Cl)c4)C[C@H]2N(C)CC3)cc1OC. The fourth-order valence-electron chi connectivity index (χ4n) is 5.36. The Kier molecular flexibility index (Phi) is 6.75. The number of fused-ring (bicyclic) bond motifs is 1. The summed E-state index contributed by atoms with van der Waals surface area (Å²) in [6, 6.07) is 12.1. The highest BCUT2D eigenvalue weighted by Gasteiger charge is 2.50. The number of likely N-dealkylation sites (N-methyl/N-ethyl adjacent to an activating group) is 1. The second kappa shape index (κ2) is 9.38. The third-order valence-corrected chi connectivity index (χ3v) is 7.35. The van der Waals surface area contributed by atoms with Gasteiger partial charge in [-0.15, -0.1) is 0 Å². The Morgan fingerprint density at radius 3 is 2.50 bits per heavy atom. The Hall–Kier alpha value is -2.15. The Labute approximate surface area is 199 Å². The number of nitrogens with one attached hydrogen (secondary N) is 1. The molecule has 2 aromatic carbocycles. The Bertz CT molecular complexity index is 995. The molecule has 8 heteroatoms. The molecule has 0 radical (unpaired) electrons. The lowest BCUT2D eigenvalue weighted by Crippen LogP contribution is -2.47. The number of anilines is 1. The molecule has 1 aliphatic heterocycles. The number of hydrogen-bond donors (Lipinski definition) is 2. The maximum atomic E-state index is 6.23. The largest absolute Gasteiger partial charge is 0.493 e. The summed E-state index contributed by atoms with van der Waals surface area (Å²) in [5.74, 6) is 1.92. The first-order chi connectivity index (χ1) is 15.3. The van der Waals surface area contributed by atoms with Crippen LogP contribution in [0.4, 0.5) is 5.69 Å². The van der Waals surface area contributed by atoms with Gasteiger partial charge in [0.25, 0.3) is 0 Å². The van der Waals surface area contributed by atoms with Gasteiger partial charge in [-0.25, -0.2) is 4.99 Å². The molecule has 2 fully saturated rings. The third-order valence-electron chi connectivity index (χ3n) is 6.91. The number of aliphatic imine (C=N–C) groups is 1. The van der Waals surface area contributed by atoms with E-state index < -0.39 is 0 Å². The summed E-state index contributed by atoms with van der Waals surface area (Å²) in [5, 5.41) is 4.23. The number of benzene rings is 2. The summed E-state index contributed by atoms with van der Waals surface area (Å²) < 4.78 is 11.0. The van der Waals surface area contributed by atoms with E-state index in [0.717, 1.165) is 49.4 Å². The number of rotatable bonds is 5. The van der Waals surface area contributed by atoms with Crippen LogP contribution in [0.3, 0.4) is 0 Å². The molecule has 3 atom stereocenters. The number of halogens is 2. The predicted molar refractivity (Wildman–Crippen MR) is 132 cm³/mol. The van der Waals surface area contributed by atoms with Crippen LogP contribution in [0.1, 0.15) is 31.2 Å². The van der Waals surface area contributed by atoms with E-state index in [-0.39, 0.29) is 11.5 Å². The quantitative estimate of drug-likeness (QED) is 0.472. The molecule has 0 spiro atoms. The maximum Gasteiger partial charge on any atom is 0.193 e. The third kappa shape index (κ3) is 4.49. The molecule has 0 unspecified atom stereocenters. The van der Waals surface area contributed by atoms with Crippen LogP contribution in [0.25, 0.3) is 0 Å². The molecule has 1 aliphatic carbocycles. The molecule has 6 nitrogen and oxygen atoms in total. The van der Waals surface area contributed by atoms with E-state index in [0.29, 0.717) is 22.0 Å². The van der Waals surface area contributed by atoms with Gasteiger partial charge < -0.3 is 25.4 Å². The number of likely N-dealkylation sites (tertiary alicyclic amines) is 1. The molecule has 32 heavy (non-hydrogen) atoms. The highest BCUT2D eigenvalue weighted by Crippen LogP contribution is 2.50. The van der Waals surface area contributed by atoms with Crippen LogP contribution in [0.15, 0.2) is 41.4 Å². The second-order valence-electron chi connectivity index (χ2n) is 8.70. The van der Waals surface area contributed by atoms with Gasteiger partial charge in [0.15, 0.2) is 17.5 Å². The van der Waals surface area contributed by atoms with E-state index in [1.54, 1.807) is 32.4 Å². The second-order valence-corrected chi connectivity index (χ2v) is 9.57. The van der Waals surface area contributed by atoms with Gasteiger partial charge in [0, 0.05) is 27.2 Å². The van der Waals surface area contributed by atoms with E-state index >= 15 is 0 Å². The summed E-state index contributed by atoms with van der Waals surface area (Å²) in [6.45, 7) is 1.06. The maximum absolute atomic E-state index is 6.23. The van der Waals surface area contributed by atoms with Gasteiger partial charge in [-0.1, -0.05) is 29.3 Å². The molecular weight excluding hydrogens is 447 g/mol. The zero-order valence-corrected chi connectivity index (χ0v) is 20.2. The van der Waals surface area contributed by atoms with E-state index in [9.17, 15) is 0 Å². The fraction of sp³-hybridized carbons (Fsp3) is 0.458. The summed E-state index contributed by atoms with van der Waals surface area (Å²) in [6.07, 6.45) is 4.08. The van der Waals surface area contributed by atoms with Crippen LogP contribution in [0, 0.1) is 0 Å². The standard InChI is InChI=1S/C24H30Cl2N4O2/c1-30-9-8-24(15-4-5-20(31-2)21(10-15)32-3)7-6-18(14-22(24)30)28-23(27)29-19-12-16(25)11-17(26)13-19/h4-5,10-13,18,22H,6-9,14H2,1-3H3,(H3,27,28,29)/t18-,22+,24-/m0/s1. The minimum atomic E-state index is 0.0863. The minimum Gasteiger partial charge on any atom is -0.493 e. The molecule has 2 aliphatic rings. The molecule has 0 amide bonds. The van der Waals surface area contributed by atoms with E-state index in [1.165, 1.54) is 5.56 Å². The molecule has 0 aromatic heterocycles. The summed E-state index contributed by atoms with van der Waals surface area (Å²) in [7, 11) is 5.56. The Balaban J connectivity index is 1.54. The van der Waals surface area contributed by atoms with Crippen molar-refractivity contribution in [3.05, 3.63) is 52.0 Å². The minimum absolute atomic E-state index is 0.0863. The number of nitrogens with two attached hydrogens (primary N) is 1. The van der Waals surface area contributed by atoms with E-state index in [1.807, 2.05) is 6.07 Å². The summed E-state index contributed by atoms with van der Waals surface area (Å²) in [4.78, 5) is 7.25. The molecule has 1 saturated carbocycles. The van der Waals surface area contributed by atoms with Crippen molar-refractivity contribution < 1.29 is 9.47 Å². The zero-order chi connectivity index (χ0) is 22.9. The van der Waals surface area contributed by atoms with Crippen LogP contribution in [0.2, 0.25) is 10.0 Å². The van der Waals surface area contributed by atoms with Gasteiger partial charge in [0.05, 0.1) is 20.3 Å². The van der Waals surface area contributed by atoms with Gasteiger partial charge in [-0.05, 0) is 75.2 Å². The monoisotopic (exact) mass is 476 g/mol. The number of methoxy groups -OCH3 is 2.